The van der Waals surface area contributed by atoms with Gasteiger partial charge in [0.25, 0.3) is 0 Å². The minimum Gasteiger partial charge on any atom is -0.385 e. The molecule has 2 heterocycles. The smallest absolute Gasteiger partial charge is 0.140 e. The maximum Gasteiger partial charge on any atom is 0.140 e. The van der Waals surface area contributed by atoms with Gasteiger partial charge in [0, 0.05) is 24.4 Å². The van der Waals surface area contributed by atoms with Crippen LogP contribution in [-0.2, 0) is 19.4 Å². The van der Waals surface area contributed by atoms with Crippen LogP contribution in [0.1, 0.15) is 48.7 Å². The zero-order valence-electron chi connectivity index (χ0n) is 10.5. The number of hydrogen-bond acceptors (Lipinski definition) is 4. The number of fused-ring (bicyclic) bond motifs is 1. The first kappa shape index (κ1) is 11.5. The van der Waals surface area contributed by atoms with Gasteiger partial charge in [0.2, 0.25) is 0 Å². The van der Waals surface area contributed by atoms with Crippen LogP contribution in [0, 0.1) is 0 Å². The number of nitrogens with zero attached hydrogens (tertiary/aromatic N) is 3. The van der Waals surface area contributed by atoms with E-state index in [0.717, 1.165) is 24.3 Å². The summed E-state index contributed by atoms with van der Waals surface area (Å²) in [6.07, 6.45) is 7.44. The van der Waals surface area contributed by atoms with E-state index in [-0.39, 0.29) is 0 Å². The van der Waals surface area contributed by atoms with E-state index in [4.69, 9.17) is 4.52 Å². The molecule has 1 atom stereocenters. The third-order valence-electron chi connectivity index (χ3n) is 3.47. The lowest BCUT2D eigenvalue weighted by molar-refractivity contribution is 0.184. The summed E-state index contributed by atoms with van der Waals surface area (Å²) in [4.78, 5) is 4.16. The zero-order valence-corrected chi connectivity index (χ0v) is 10.5. The van der Waals surface area contributed by atoms with Crippen molar-refractivity contribution in [1.82, 2.24) is 14.7 Å². The van der Waals surface area contributed by atoms with Crippen molar-refractivity contribution in [2.75, 3.05) is 0 Å². The van der Waals surface area contributed by atoms with Gasteiger partial charge in [0.15, 0.2) is 0 Å². The van der Waals surface area contributed by atoms with Gasteiger partial charge in [0.1, 0.15) is 23.4 Å². The number of hydrogen-bond donors (Lipinski definition) is 1. The van der Waals surface area contributed by atoms with Gasteiger partial charge in [-0.15, -0.1) is 0 Å². The van der Waals surface area contributed by atoms with Crippen molar-refractivity contribution >= 4 is 0 Å². The average Bonchev–Trinajstić information content (AvgIpc) is 2.97. The maximum absolute atomic E-state index is 9.63. The van der Waals surface area contributed by atoms with Gasteiger partial charge in [-0.05, 0) is 26.2 Å². The molecule has 0 unspecified atom stereocenters. The fraction of sp³-hybridized carbons (Fsp3) is 0.538. The predicted molar refractivity (Wildman–Crippen MR) is 65.1 cm³/mol. The SMILES string of the molecule is C[C@@H](O)c1nccn1Cc1noc2c1CCCC2. The molecule has 0 saturated carbocycles. The topological polar surface area (TPSA) is 64.1 Å². The summed E-state index contributed by atoms with van der Waals surface area (Å²) < 4.78 is 7.32. The molecule has 2 aromatic heterocycles. The van der Waals surface area contributed by atoms with Crippen LogP contribution in [-0.4, -0.2) is 19.8 Å². The van der Waals surface area contributed by atoms with Gasteiger partial charge < -0.3 is 14.2 Å². The fourth-order valence-electron chi connectivity index (χ4n) is 2.56. The molecule has 0 amide bonds. The van der Waals surface area contributed by atoms with Crippen LogP contribution in [0.3, 0.4) is 0 Å². The first-order valence-electron chi connectivity index (χ1n) is 6.41. The van der Waals surface area contributed by atoms with Crippen LogP contribution < -0.4 is 0 Å². The summed E-state index contributed by atoms with van der Waals surface area (Å²) in [5.74, 6) is 1.71. The largest absolute Gasteiger partial charge is 0.385 e. The van der Waals surface area contributed by atoms with E-state index >= 15 is 0 Å². The van der Waals surface area contributed by atoms with E-state index in [1.807, 2.05) is 10.8 Å². The molecule has 0 spiro atoms. The minimum absolute atomic E-state index is 0.567. The van der Waals surface area contributed by atoms with Crippen LogP contribution >= 0.6 is 0 Å². The molecule has 0 aliphatic heterocycles. The Balaban J connectivity index is 1.88. The molecule has 96 valence electrons. The monoisotopic (exact) mass is 247 g/mol. The Morgan fingerprint density at radius 3 is 3.11 bits per heavy atom. The second-order valence-electron chi connectivity index (χ2n) is 4.83. The number of aliphatic hydroxyl groups excluding tert-OH is 1. The second kappa shape index (κ2) is 4.57. The third kappa shape index (κ3) is 1.95. The van der Waals surface area contributed by atoms with Gasteiger partial charge in [0.05, 0.1) is 6.54 Å². The average molecular weight is 247 g/mol. The lowest BCUT2D eigenvalue weighted by Crippen LogP contribution is -2.10. The van der Waals surface area contributed by atoms with Crippen LogP contribution in [0.4, 0.5) is 0 Å². The number of imidazole rings is 1. The molecule has 3 rings (SSSR count). The lowest BCUT2D eigenvalue weighted by Gasteiger charge is -2.11. The van der Waals surface area contributed by atoms with Crippen molar-refractivity contribution in [3.05, 3.63) is 35.2 Å². The van der Waals surface area contributed by atoms with E-state index in [0.29, 0.717) is 12.4 Å². The van der Waals surface area contributed by atoms with Gasteiger partial charge in [-0.25, -0.2) is 4.98 Å². The number of aliphatic hydroxyl groups is 1. The molecule has 18 heavy (non-hydrogen) atoms. The molecule has 1 aliphatic carbocycles. The first-order valence-corrected chi connectivity index (χ1v) is 6.41. The van der Waals surface area contributed by atoms with Crippen LogP contribution in [0.5, 0.6) is 0 Å². The molecule has 1 N–H and O–H groups in total. The Morgan fingerprint density at radius 1 is 1.44 bits per heavy atom. The maximum atomic E-state index is 9.63. The molecule has 2 aromatic rings. The Hall–Kier alpha value is -1.62. The van der Waals surface area contributed by atoms with Crippen molar-refractivity contribution in [2.24, 2.45) is 0 Å². The molecule has 0 aromatic carbocycles. The predicted octanol–water partition coefficient (Wildman–Crippen LogP) is 1.85. The van der Waals surface area contributed by atoms with Gasteiger partial charge in [-0.1, -0.05) is 5.16 Å². The number of aryl methyl sites for hydroxylation is 1. The molecule has 5 heteroatoms. The molecular formula is C13H17N3O2. The Morgan fingerprint density at radius 2 is 2.28 bits per heavy atom. The molecule has 0 fully saturated rings. The summed E-state index contributed by atoms with van der Waals surface area (Å²) >= 11 is 0. The summed E-state index contributed by atoms with van der Waals surface area (Å²) in [7, 11) is 0. The standard InChI is InChI=1S/C13H17N3O2/c1-9(17)13-14-6-7-16(13)8-11-10-4-2-3-5-12(10)18-15-11/h6-7,9,17H,2-5,8H2,1H3/t9-/m1/s1. The van der Waals surface area contributed by atoms with Crippen molar-refractivity contribution in [1.29, 1.82) is 0 Å². The van der Waals surface area contributed by atoms with Crippen LogP contribution in [0.15, 0.2) is 16.9 Å². The highest BCUT2D eigenvalue weighted by Crippen LogP contribution is 2.25. The minimum atomic E-state index is -0.567. The quantitative estimate of drug-likeness (QED) is 0.899. The van der Waals surface area contributed by atoms with E-state index in [9.17, 15) is 5.11 Å². The van der Waals surface area contributed by atoms with Crippen molar-refractivity contribution in [3.8, 4) is 0 Å². The first-order chi connectivity index (χ1) is 8.75. The molecular weight excluding hydrogens is 230 g/mol. The van der Waals surface area contributed by atoms with E-state index < -0.39 is 6.10 Å². The van der Waals surface area contributed by atoms with E-state index in [2.05, 4.69) is 10.1 Å². The lowest BCUT2D eigenvalue weighted by atomic mass is 9.96. The summed E-state index contributed by atoms with van der Waals surface area (Å²) in [5.41, 5.74) is 2.23. The molecule has 0 radical (unpaired) electrons. The normalized spacial score (nSPS) is 16.6. The highest BCUT2D eigenvalue weighted by Gasteiger charge is 2.20. The summed E-state index contributed by atoms with van der Waals surface area (Å²) in [5, 5.41) is 13.8. The van der Waals surface area contributed by atoms with Crippen molar-refractivity contribution < 1.29 is 9.63 Å². The Kier molecular flexibility index (Phi) is 2.91. The third-order valence-corrected chi connectivity index (χ3v) is 3.47. The molecule has 0 saturated heterocycles. The van der Waals surface area contributed by atoms with Gasteiger partial charge in [-0.2, -0.15) is 0 Å². The summed E-state index contributed by atoms with van der Waals surface area (Å²) in [6, 6.07) is 0. The second-order valence-corrected chi connectivity index (χ2v) is 4.83. The highest BCUT2D eigenvalue weighted by molar-refractivity contribution is 5.25. The van der Waals surface area contributed by atoms with Gasteiger partial charge >= 0.3 is 0 Å². The fourth-order valence-corrected chi connectivity index (χ4v) is 2.56. The van der Waals surface area contributed by atoms with E-state index in [1.165, 1.54) is 18.4 Å². The molecule has 0 bridgehead atoms. The molecule has 1 aliphatic rings. The number of rotatable bonds is 3. The Bertz CT molecular complexity index is 542. The van der Waals surface area contributed by atoms with Gasteiger partial charge in [-0.3, -0.25) is 0 Å². The Labute approximate surface area is 105 Å². The van der Waals surface area contributed by atoms with E-state index in [1.54, 1.807) is 13.1 Å². The zero-order chi connectivity index (χ0) is 12.5. The number of aromatic nitrogens is 3. The van der Waals surface area contributed by atoms with Crippen LogP contribution in [0.25, 0.3) is 0 Å². The van der Waals surface area contributed by atoms with Crippen LogP contribution in [0.2, 0.25) is 0 Å². The highest BCUT2D eigenvalue weighted by atomic mass is 16.5. The summed E-state index contributed by atoms with van der Waals surface area (Å²) in [6.45, 7) is 2.34. The van der Waals surface area contributed by atoms with Crippen molar-refractivity contribution in [2.45, 2.75) is 45.3 Å². The molecule has 5 nitrogen and oxygen atoms in total. The van der Waals surface area contributed by atoms with Crippen molar-refractivity contribution in [3.63, 3.8) is 0 Å².